The molecule has 0 aromatic carbocycles. The SMILES string of the molecule is COC(=O)c1c(NC(=O)c2cc3c(C)nn(C)c3s2)sc(C)c1C. The standard InChI is InChI=1S/C16H17N3O3S2/c1-7-9(3)23-14(12(7)16(21)22-5)17-13(20)11-6-10-8(2)18-19(4)15(10)24-11/h6H,1-5H3,(H,17,20). The molecule has 6 nitrogen and oxygen atoms in total. The number of hydrogen-bond donors (Lipinski definition) is 1. The van der Waals surface area contributed by atoms with Gasteiger partial charge in [0.25, 0.3) is 5.91 Å². The lowest BCUT2D eigenvalue weighted by Gasteiger charge is -2.05. The van der Waals surface area contributed by atoms with Gasteiger partial charge in [0.1, 0.15) is 9.83 Å². The quantitative estimate of drug-likeness (QED) is 0.721. The average molecular weight is 363 g/mol. The first-order valence-corrected chi connectivity index (χ1v) is 8.89. The molecule has 8 heteroatoms. The first-order chi connectivity index (χ1) is 11.3. The number of aryl methyl sites for hydroxylation is 3. The summed E-state index contributed by atoms with van der Waals surface area (Å²) < 4.78 is 6.60. The molecule has 3 aromatic heterocycles. The van der Waals surface area contributed by atoms with E-state index in [1.807, 2.05) is 33.9 Å². The molecule has 0 aliphatic heterocycles. The van der Waals surface area contributed by atoms with Gasteiger partial charge in [-0.1, -0.05) is 0 Å². The third-order valence-corrected chi connectivity index (χ3v) is 6.25. The predicted octanol–water partition coefficient (Wildman–Crippen LogP) is 3.66. The molecule has 3 aromatic rings. The second-order valence-corrected chi connectivity index (χ2v) is 7.73. The highest BCUT2D eigenvalue weighted by molar-refractivity contribution is 7.21. The zero-order valence-corrected chi connectivity index (χ0v) is 15.6. The molecular formula is C16H17N3O3S2. The highest BCUT2D eigenvalue weighted by atomic mass is 32.1. The Hall–Kier alpha value is -2.19. The van der Waals surface area contributed by atoms with Crippen LogP contribution >= 0.6 is 22.7 Å². The summed E-state index contributed by atoms with van der Waals surface area (Å²) >= 11 is 2.76. The number of fused-ring (bicyclic) bond motifs is 1. The smallest absolute Gasteiger partial charge is 0.341 e. The Morgan fingerprint density at radius 3 is 2.58 bits per heavy atom. The number of nitrogens with zero attached hydrogens (tertiary/aromatic N) is 2. The Balaban J connectivity index is 1.95. The number of esters is 1. The minimum absolute atomic E-state index is 0.234. The minimum Gasteiger partial charge on any atom is -0.465 e. The van der Waals surface area contributed by atoms with E-state index in [-0.39, 0.29) is 5.91 Å². The van der Waals surface area contributed by atoms with Crippen molar-refractivity contribution < 1.29 is 14.3 Å². The highest BCUT2D eigenvalue weighted by Gasteiger charge is 2.23. The largest absolute Gasteiger partial charge is 0.465 e. The lowest BCUT2D eigenvalue weighted by Crippen LogP contribution is -2.13. The zero-order chi connectivity index (χ0) is 17.6. The number of aromatic nitrogens is 2. The van der Waals surface area contributed by atoms with E-state index in [2.05, 4.69) is 10.4 Å². The average Bonchev–Trinajstić information content (AvgIpc) is 3.16. The third kappa shape index (κ3) is 2.61. The fourth-order valence-electron chi connectivity index (χ4n) is 2.54. The van der Waals surface area contributed by atoms with E-state index < -0.39 is 5.97 Å². The Kier molecular flexibility index (Phi) is 4.18. The molecule has 0 aliphatic carbocycles. The summed E-state index contributed by atoms with van der Waals surface area (Å²) in [5.74, 6) is -0.675. The lowest BCUT2D eigenvalue weighted by atomic mass is 10.1. The van der Waals surface area contributed by atoms with Crippen LogP contribution in [0.3, 0.4) is 0 Å². The van der Waals surface area contributed by atoms with Crippen molar-refractivity contribution in [1.82, 2.24) is 9.78 Å². The Morgan fingerprint density at radius 1 is 1.25 bits per heavy atom. The van der Waals surface area contributed by atoms with Gasteiger partial charge in [0, 0.05) is 17.3 Å². The molecule has 1 amide bonds. The van der Waals surface area contributed by atoms with Crippen LogP contribution in [0.2, 0.25) is 0 Å². The fraction of sp³-hybridized carbons (Fsp3) is 0.312. The van der Waals surface area contributed by atoms with Gasteiger partial charge in [0.05, 0.1) is 23.2 Å². The summed E-state index contributed by atoms with van der Waals surface area (Å²) in [6, 6.07) is 1.84. The molecule has 1 N–H and O–H groups in total. The number of rotatable bonds is 3. The van der Waals surface area contributed by atoms with Crippen molar-refractivity contribution in [2.24, 2.45) is 7.05 Å². The molecule has 0 radical (unpaired) electrons. The summed E-state index contributed by atoms with van der Waals surface area (Å²) in [4.78, 5) is 27.1. The van der Waals surface area contributed by atoms with Crippen LogP contribution < -0.4 is 5.32 Å². The monoisotopic (exact) mass is 363 g/mol. The van der Waals surface area contributed by atoms with Crippen LogP contribution in [0.15, 0.2) is 6.07 Å². The normalized spacial score (nSPS) is 11.0. The third-order valence-electron chi connectivity index (χ3n) is 3.92. The van der Waals surface area contributed by atoms with Crippen molar-refractivity contribution in [2.75, 3.05) is 12.4 Å². The number of methoxy groups -OCH3 is 1. The second kappa shape index (κ2) is 6.03. The van der Waals surface area contributed by atoms with E-state index in [1.54, 1.807) is 4.68 Å². The van der Waals surface area contributed by atoms with Gasteiger partial charge in [0.15, 0.2) is 0 Å². The number of carbonyl (C=O) groups is 2. The number of amides is 1. The van der Waals surface area contributed by atoms with Gasteiger partial charge in [-0.15, -0.1) is 22.7 Å². The first-order valence-electron chi connectivity index (χ1n) is 7.26. The van der Waals surface area contributed by atoms with Crippen LogP contribution in [0.25, 0.3) is 10.2 Å². The van der Waals surface area contributed by atoms with Crippen molar-refractivity contribution in [2.45, 2.75) is 20.8 Å². The minimum atomic E-state index is -0.441. The topological polar surface area (TPSA) is 73.2 Å². The van der Waals surface area contributed by atoms with Crippen LogP contribution in [0.1, 0.15) is 36.2 Å². The number of nitrogens with one attached hydrogen (secondary N) is 1. The summed E-state index contributed by atoms with van der Waals surface area (Å²) in [5.41, 5.74) is 2.15. The highest BCUT2D eigenvalue weighted by Crippen LogP contribution is 2.34. The summed E-state index contributed by atoms with van der Waals surface area (Å²) in [7, 11) is 3.19. The maximum atomic E-state index is 12.6. The molecule has 0 atom stereocenters. The molecule has 3 heterocycles. The number of ether oxygens (including phenoxy) is 1. The van der Waals surface area contributed by atoms with Gasteiger partial charge in [-0.3, -0.25) is 9.48 Å². The van der Waals surface area contributed by atoms with Crippen molar-refractivity contribution in [3.05, 3.63) is 32.6 Å². The van der Waals surface area contributed by atoms with Crippen LogP contribution in [0.4, 0.5) is 5.00 Å². The zero-order valence-electron chi connectivity index (χ0n) is 14.0. The lowest BCUT2D eigenvalue weighted by molar-refractivity contribution is 0.0601. The van der Waals surface area contributed by atoms with E-state index >= 15 is 0 Å². The Morgan fingerprint density at radius 2 is 1.96 bits per heavy atom. The van der Waals surface area contributed by atoms with Crippen molar-refractivity contribution >= 4 is 49.8 Å². The van der Waals surface area contributed by atoms with Crippen LogP contribution in [-0.2, 0) is 11.8 Å². The van der Waals surface area contributed by atoms with Gasteiger partial charge in [-0.05, 0) is 32.4 Å². The maximum Gasteiger partial charge on any atom is 0.341 e. The number of thiophene rings is 2. The molecular weight excluding hydrogens is 346 g/mol. The van der Waals surface area contributed by atoms with Crippen LogP contribution in [0.5, 0.6) is 0 Å². The van der Waals surface area contributed by atoms with Gasteiger partial charge in [-0.2, -0.15) is 5.10 Å². The van der Waals surface area contributed by atoms with E-state index in [4.69, 9.17) is 4.74 Å². The molecule has 24 heavy (non-hydrogen) atoms. The summed E-state index contributed by atoms with van der Waals surface area (Å²) in [6.45, 7) is 5.68. The Bertz CT molecular complexity index is 931. The van der Waals surface area contributed by atoms with E-state index in [9.17, 15) is 9.59 Å². The number of hydrogen-bond acceptors (Lipinski definition) is 6. The van der Waals surface area contributed by atoms with Gasteiger partial charge >= 0.3 is 5.97 Å². The number of anilines is 1. The fourth-order valence-corrected chi connectivity index (χ4v) is 4.61. The molecule has 0 unspecified atom stereocenters. The maximum absolute atomic E-state index is 12.6. The molecule has 0 aliphatic rings. The summed E-state index contributed by atoms with van der Waals surface area (Å²) in [6.07, 6.45) is 0. The van der Waals surface area contributed by atoms with Crippen molar-refractivity contribution in [3.63, 3.8) is 0 Å². The van der Waals surface area contributed by atoms with Crippen LogP contribution in [0, 0.1) is 20.8 Å². The van der Waals surface area contributed by atoms with E-state index in [0.717, 1.165) is 26.4 Å². The van der Waals surface area contributed by atoms with Gasteiger partial charge in [-0.25, -0.2) is 4.79 Å². The first kappa shape index (κ1) is 16.7. The second-order valence-electron chi connectivity index (χ2n) is 5.47. The molecule has 0 saturated heterocycles. The van der Waals surface area contributed by atoms with Crippen molar-refractivity contribution in [3.8, 4) is 0 Å². The molecule has 0 saturated carbocycles. The molecule has 0 bridgehead atoms. The molecule has 3 rings (SSSR count). The number of carbonyl (C=O) groups excluding carboxylic acids is 2. The van der Waals surface area contributed by atoms with Crippen molar-refractivity contribution in [1.29, 1.82) is 0 Å². The van der Waals surface area contributed by atoms with Gasteiger partial charge in [0.2, 0.25) is 0 Å². The molecule has 0 fully saturated rings. The van der Waals surface area contributed by atoms with Gasteiger partial charge < -0.3 is 10.1 Å². The Labute approximate surface area is 147 Å². The molecule has 0 spiro atoms. The molecule has 126 valence electrons. The van der Waals surface area contributed by atoms with E-state index in [1.165, 1.54) is 29.8 Å². The summed E-state index contributed by atoms with van der Waals surface area (Å²) in [5, 5.41) is 8.68. The van der Waals surface area contributed by atoms with E-state index in [0.29, 0.717) is 15.4 Å². The van der Waals surface area contributed by atoms with Crippen LogP contribution in [-0.4, -0.2) is 28.8 Å². The predicted molar refractivity (Wildman–Crippen MR) is 96.4 cm³/mol.